The van der Waals surface area contributed by atoms with E-state index in [1.165, 1.54) is 28.2 Å². The molecule has 0 bridgehead atoms. The van der Waals surface area contributed by atoms with Crippen molar-refractivity contribution in [2.24, 2.45) is 0 Å². The molecule has 0 fully saturated rings. The van der Waals surface area contributed by atoms with E-state index in [0.717, 1.165) is 5.56 Å². The fourth-order valence-corrected chi connectivity index (χ4v) is 6.05. The highest BCUT2D eigenvalue weighted by atomic mass is 79.9. The van der Waals surface area contributed by atoms with Crippen molar-refractivity contribution in [2.75, 3.05) is 6.54 Å². The van der Waals surface area contributed by atoms with Crippen LogP contribution in [0.15, 0.2) is 58.0 Å². The van der Waals surface area contributed by atoms with Gasteiger partial charge in [-0.1, -0.05) is 29.8 Å². The number of hydrogen-bond donors (Lipinski definition) is 1. The highest BCUT2D eigenvalue weighted by Gasteiger charge is 2.34. The molecule has 3 aromatic rings. The van der Waals surface area contributed by atoms with Crippen LogP contribution in [0.2, 0.25) is 0 Å². The molecule has 0 spiro atoms. The Morgan fingerprint density at radius 1 is 1.04 bits per heavy atom. The van der Waals surface area contributed by atoms with Gasteiger partial charge in [0.2, 0.25) is 0 Å². The first-order valence-electron chi connectivity index (χ1n) is 8.60. The number of hydrogen-bond acceptors (Lipinski definition) is 3. The molecule has 2 aromatic carbocycles. The van der Waals surface area contributed by atoms with Gasteiger partial charge in [-0.2, -0.15) is 0 Å². The molecule has 0 atom stereocenters. The molecule has 1 amide bonds. The zero-order valence-corrected chi connectivity index (χ0v) is 17.3. The predicted molar refractivity (Wildman–Crippen MR) is 107 cm³/mol. The van der Waals surface area contributed by atoms with Gasteiger partial charge in [0.15, 0.2) is 0 Å². The second-order valence-electron chi connectivity index (χ2n) is 6.58. The summed E-state index contributed by atoms with van der Waals surface area (Å²) in [7, 11) is -3.93. The molecule has 8 heteroatoms. The van der Waals surface area contributed by atoms with E-state index >= 15 is 0 Å². The molecule has 1 aliphatic heterocycles. The lowest BCUT2D eigenvalue weighted by molar-refractivity contribution is 0.0946. The Morgan fingerprint density at radius 3 is 2.32 bits per heavy atom. The van der Waals surface area contributed by atoms with Crippen molar-refractivity contribution < 1.29 is 17.6 Å². The number of nitrogens with one attached hydrogen (secondary N) is 1. The van der Waals surface area contributed by atoms with Gasteiger partial charge in [0.05, 0.1) is 16.2 Å². The molecule has 0 aliphatic carbocycles. The molecule has 5 nitrogen and oxygen atoms in total. The fourth-order valence-electron chi connectivity index (χ4n) is 3.37. The molecule has 0 unspecified atom stereocenters. The van der Waals surface area contributed by atoms with E-state index in [1.54, 1.807) is 24.3 Å². The maximum Gasteiger partial charge on any atom is 0.268 e. The first kappa shape index (κ1) is 18.9. The zero-order chi connectivity index (χ0) is 20.1. The third kappa shape index (κ3) is 2.97. The Balaban J connectivity index is 2.01. The molecule has 0 saturated heterocycles. The molecule has 2 heterocycles. The van der Waals surface area contributed by atoms with Crippen molar-refractivity contribution in [3.05, 3.63) is 75.8 Å². The SMILES string of the molecule is Cc1ccc(S(=O)(=O)n2c(Br)c(-c3ccc(F)cc3)c3c2CCNC3=O)cc1. The van der Waals surface area contributed by atoms with E-state index in [9.17, 15) is 17.6 Å². The molecule has 0 saturated carbocycles. The Hall–Kier alpha value is -2.45. The van der Waals surface area contributed by atoms with Crippen LogP contribution in [0.3, 0.4) is 0 Å². The van der Waals surface area contributed by atoms with Crippen molar-refractivity contribution in [3.63, 3.8) is 0 Å². The van der Waals surface area contributed by atoms with Crippen LogP contribution in [0.1, 0.15) is 21.6 Å². The quantitative estimate of drug-likeness (QED) is 0.641. The van der Waals surface area contributed by atoms with Crippen molar-refractivity contribution in [1.82, 2.24) is 9.29 Å². The number of halogens is 2. The zero-order valence-electron chi connectivity index (χ0n) is 14.9. The molecule has 1 aliphatic rings. The molecule has 1 N–H and O–H groups in total. The minimum Gasteiger partial charge on any atom is -0.352 e. The highest BCUT2D eigenvalue weighted by Crippen LogP contribution is 2.40. The van der Waals surface area contributed by atoms with E-state index in [2.05, 4.69) is 21.2 Å². The molecule has 4 rings (SSSR count). The monoisotopic (exact) mass is 462 g/mol. The fraction of sp³-hybridized carbons (Fsp3) is 0.150. The van der Waals surface area contributed by atoms with Crippen molar-refractivity contribution in [2.45, 2.75) is 18.2 Å². The normalized spacial score (nSPS) is 13.9. The lowest BCUT2D eigenvalue weighted by Crippen LogP contribution is -2.33. The first-order valence-corrected chi connectivity index (χ1v) is 10.8. The van der Waals surface area contributed by atoms with Crippen molar-refractivity contribution >= 4 is 31.9 Å². The topological polar surface area (TPSA) is 68.2 Å². The van der Waals surface area contributed by atoms with Gasteiger partial charge in [0.1, 0.15) is 10.4 Å². The Labute approximate surface area is 170 Å². The summed E-state index contributed by atoms with van der Waals surface area (Å²) < 4.78 is 41.6. The summed E-state index contributed by atoms with van der Waals surface area (Å²) in [5.41, 5.74) is 2.64. The van der Waals surface area contributed by atoms with Crippen LogP contribution in [0, 0.1) is 12.7 Å². The van der Waals surface area contributed by atoms with Crippen LogP contribution in [0.5, 0.6) is 0 Å². The third-order valence-electron chi connectivity index (χ3n) is 4.73. The average Bonchev–Trinajstić information content (AvgIpc) is 2.97. The van der Waals surface area contributed by atoms with Crippen LogP contribution < -0.4 is 5.32 Å². The number of nitrogens with zero attached hydrogens (tertiary/aromatic N) is 1. The average molecular weight is 463 g/mol. The van der Waals surface area contributed by atoms with Crippen LogP contribution in [-0.2, 0) is 16.4 Å². The lowest BCUT2D eigenvalue weighted by Gasteiger charge is -2.17. The van der Waals surface area contributed by atoms with Crippen molar-refractivity contribution in [3.8, 4) is 11.1 Å². The summed E-state index contributed by atoms with van der Waals surface area (Å²) in [5.74, 6) is -0.760. The van der Waals surface area contributed by atoms with Gasteiger partial charge in [-0.25, -0.2) is 16.8 Å². The van der Waals surface area contributed by atoms with E-state index in [4.69, 9.17) is 0 Å². The van der Waals surface area contributed by atoms with Gasteiger partial charge in [0.25, 0.3) is 15.9 Å². The van der Waals surface area contributed by atoms with Crippen LogP contribution >= 0.6 is 15.9 Å². The van der Waals surface area contributed by atoms with Gasteiger partial charge in [-0.05, 0) is 52.7 Å². The van der Waals surface area contributed by atoms with Gasteiger partial charge >= 0.3 is 0 Å². The van der Waals surface area contributed by atoms with Gasteiger partial charge in [0, 0.05) is 18.5 Å². The summed E-state index contributed by atoms with van der Waals surface area (Å²) >= 11 is 3.40. The van der Waals surface area contributed by atoms with Gasteiger partial charge in [-0.15, -0.1) is 0 Å². The summed E-state index contributed by atoms with van der Waals surface area (Å²) in [6.45, 7) is 2.22. The van der Waals surface area contributed by atoms with Crippen LogP contribution in [0.25, 0.3) is 11.1 Å². The number of rotatable bonds is 3. The number of carbonyl (C=O) groups is 1. The second-order valence-corrected chi connectivity index (χ2v) is 9.12. The number of carbonyl (C=O) groups excluding carboxylic acids is 1. The van der Waals surface area contributed by atoms with E-state index < -0.39 is 15.8 Å². The lowest BCUT2D eigenvalue weighted by atomic mass is 9.99. The molecule has 0 radical (unpaired) electrons. The summed E-state index contributed by atoms with van der Waals surface area (Å²) in [6, 6.07) is 12.2. The van der Waals surface area contributed by atoms with E-state index in [-0.39, 0.29) is 15.4 Å². The molecule has 1 aromatic heterocycles. The second kappa shape index (κ2) is 6.86. The maximum atomic E-state index is 13.4. The third-order valence-corrected chi connectivity index (χ3v) is 7.47. The minimum atomic E-state index is -3.93. The molecular weight excluding hydrogens is 447 g/mol. The summed E-state index contributed by atoms with van der Waals surface area (Å²) in [6.07, 6.45) is 0.367. The molecular formula is C20H16BrFN2O3S. The summed E-state index contributed by atoms with van der Waals surface area (Å²) in [5, 5.41) is 2.76. The number of fused-ring (bicyclic) bond motifs is 1. The predicted octanol–water partition coefficient (Wildman–Crippen LogP) is 3.89. The molecule has 28 heavy (non-hydrogen) atoms. The van der Waals surface area contributed by atoms with E-state index in [0.29, 0.717) is 35.3 Å². The number of aromatic nitrogens is 1. The number of amides is 1. The van der Waals surface area contributed by atoms with Crippen LogP contribution in [0.4, 0.5) is 4.39 Å². The standard InChI is InChI=1S/C20H16BrFN2O3S/c1-12-2-8-15(9-3-12)28(26,27)24-16-10-11-23-20(25)18(16)17(19(24)21)13-4-6-14(22)7-5-13/h2-9H,10-11H2,1H3,(H,23,25). The number of aryl methyl sites for hydroxylation is 1. The Morgan fingerprint density at radius 2 is 1.68 bits per heavy atom. The smallest absolute Gasteiger partial charge is 0.268 e. The highest BCUT2D eigenvalue weighted by molar-refractivity contribution is 9.10. The van der Waals surface area contributed by atoms with Gasteiger partial charge < -0.3 is 5.32 Å². The van der Waals surface area contributed by atoms with Gasteiger partial charge in [-0.3, -0.25) is 4.79 Å². The Kier molecular flexibility index (Phi) is 4.63. The largest absolute Gasteiger partial charge is 0.352 e. The van der Waals surface area contributed by atoms with Crippen molar-refractivity contribution in [1.29, 1.82) is 0 Å². The molecule has 144 valence electrons. The minimum absolute atomic E-state index is 0.133. The Bertz CT molecular complexity index is 1180. The number of benzene rings is 2. The summed E-state index contributed by atoms with van der Waals surface area (Å²) in [4.78, 5) is 12.7. The van der Waals surface area contributed by atoms with Crippen LogP contribution in [-0.4, -0.2) is 24.8 Å². The maximum absolute atomic E-state index is 13.4. The van der Waals surface area contributed by atoms with E-state index in [1.807, 2.05) is 6.92 Å². The first-order chi connectivity index (χ1) is 13.3.